The number of nitrogens with one attached hydrogen (secondary N) is 1. The Morgan fingerprint density at radius 3 is 2.00 bits per heavy atom. The number of aromatic nitrogens is 2. The van der Waals surface area contributed by atoms with Gasteiger partial charge in [0, 0.05) is 11.6 Å². The number of halogens is 3. The van der Waals surface area contributed by atoms with Crippen molar-refractivity contribution in [1.29, 1.82) is 0 Å². The molecule has 2 aromatic carbocycles. The van der Waals surface area contributed by atoms with Crippen molar-refractivity contribution in [2.24, 2.45) is 11.5 Å². The van der Waals surface area contributed by atoms with Crippen molar-refractivity contribution in [2.75, 3.05) is 11.9 Å². The van der Waals surface area contributed by atoms with Crippen LogP contribution < -0.4 is 26.3 Å². The third-order valence-corrected chi connectivity index (χ3v) is 3.83. The van der Waals surface area contributed by atoms with E-state index in [0.29, 0.717) is 11.3 Å². The third kappa shape index (κ3) is 6.32. The summed E-state index contributed by atoms with van der Waals surface area (Å²) in [6, 6.07) is 12.6. The fourth-order valence-corrected chi connectivity index (χ4v) is 2.49. The first kappa shape index (κ1) is 22.3. The highest BCUT2D eigenvalue weighted by Gasteiger charge is 2.31. The summed E-state index contributed by atoms with van der Waals surface area (Å²) in [5.41, 5.74) is 10.8. The molecule has 166 valence electrons. The lowest BCUT2D eigenvalue weighted by molar-refractivity contribution is -0.274. The highest BCUT2D eigenvalue weighted by Crippen LogP contribution is 2.28. The van der Waals surface area contributed by atoms with Gasteiger partial charge in [0.2, 0.25) is 5.91 Å². The second-order valence-corrected chi connectivity index (χ2v) is 6.29. The Balaban J connectivity index is 1.76. The summed E-state index contributed by atoms with van der Waals surface area (Å²) in [6.07, 6.45) is -4.78. The van der Waals surface area contributed by atoms with E-state index in [1.54, 1.807) is 24.3 Å². The summed E-state index contributed by atoms with van der Waals surface area (Å²) in [5, 5.41) is 2.67. The van der Waals surface area contributed by atoms with Crippen molar-refractivity contribution >= 4 is 17.6 Å². The van der Waals surface area contributed by atoms with Gasteiger partial charge in [-0.15, -0.1) is 13.2 Å². The number of hydrogen-bond donors (Lipinski definition) is 3. The minimum absolute atomic E-state index is 0.0662. The zero-order chi connectivity index (χ0) is 23.3. The van der Waals surface area contributed by atoms with Crippen LogP contribution in [0.3, 0.4) is 0 Å². The first-order valence-corrected chi connectivity index (χ1v) is 8.94. The molecule has 5 N–H and O–H groups in total. The lowest BCUT2D eigenvalue weighted by atomic mass is 10.2. The van der Waals surface area contributed by atoms with E-state index >= 15 is 0 Å². The van der Waals surface area contributed by atoms with Gasteiger partial charge in [0.15, 0.2) is 5.82 Å². The summed E-state index contributed by atoms with van der Waals surface area (Å²) >= 11 is 0. The standard InChI is InChI=1S/C20H16F3N5O4/c21-20(22,23)32-14-7-5-13(6-8-14)31-12-3-1-11(2-4-12)19-27-15(18(25)30)9-17(28-19)26-10-16(24)29/h1-9H,10H2,(H2,24,29)(H2,25,30)(H,26,27,28). The van der Waals surface area contributed by atoms with Crippen LogP contribution in [0.15, 0.2) is 54.6 Å². The van der Waals surface area contributed by atoms with E-state index in [4.69, 9.17) is 16.2 Å². The number of benzene rings is 2. The van der Waals surface area contributed by atoms with Gasteiger partial charge in [-0.25, -0.2) is 9.97 Å². The van der Waals surface area contributed by atoms with Crippen molar-refractivity contribution in [3.63, 3.8) is 0 Å². The predicted octanol–water partition coefficient (Wildman–Crippen LogP) is 2.83. The number of rotatable bonds is 8. The molecule has 0 unspecified atom stereocenters. The van der Waals surface area contributed by atoms with Gasteiger partial charge in [-0.1, -0.05) is 0 Å². The normalized spacial score (nSPS) is 11.0. The molecule has 0 bridgehead atoms. The lowest BCUT2D eigenvalue weighted by Gasteiger charge is -2.11. The molecule has 0 fully saturated rings. The van der Waals surface area contributed by atoms with Gasteiger partial charge in [-0.2, -0.15) is 0 Å². The molecule has 0 saturated heterocycles. The van der Waals surface area contributed by atoms with E-state index in [2.05, 4.69) is 20.0 Å². The molecule has 0 atom stereocenters. The van der Waals surface area contributed by atoms with E-state index in [0.717, 1.165) is 12.1 Å². The highest BCUT2D eigenvalue weighted by molar-refractivity contribution is 5.92. The van der Waals surface area contributed by atoms with Gasteiger partial charge in [-0.05, 0) is 48.5 Å². The molecule has 3 rings (SSSR count). The molecule has 0 saturated carbocycles. The smallest absolute Gasteiger partial charge is 0.457 e. The Morgan fingerprint density at radius 2 is 1.47 bits per heavy atom. The Bertz CT molecular complexity index is 1120. The molecule has 12 heteroatoms. The molecule has 0 aliphatic rings. The third-order valence-electron chi connectivity index (χ3n) is 3.83. The zero-order valence-corrected chi connectivity index (χ0v) is 16.2. The van der Waals surface area contributed by atoms with Crippen LogP contribution in [0.5, 0.6) is 17.2 Å². The van der Waals surface area contributed by atoms with Crippen LogP contribution in [-0.2, 0) is 4.79 Å². The molecule has 0 spiro atoms. The molecular formula is C20H16F3N5O4. The van der Waals surface area contributed by atoms with Gasteiger partial charge < -0.3 is 26.3 Å². The van der Waals surface area contributed by atoms with E-state index in [9.17, 15) is 22.8 Å². The van der Waals surface area contributed by atoms with E-state index in [1.807, 2.05) is 0 Å². The number of primary amides is 2. The number of nitrogens with two attached hydrogens (primary N) is 2. The number of anilines is 1. The van der Waals surface area contributed by atoms with E-state index in [-0.39, 0.29) is 35.4 Å². The van der Waals surface area contributed by atoms with Crippen molar-refractivity contribution in [3.8, 4) is 28.6 Å². The maximum absolute atomic E-state index is 12.2. The molecule has 3 aromatic rings. The van der Waals surface area contributed by atoms with Crippen molar-refractivity contribution < 1.29 is 32.2 Å². The van der Waals surface area contributed by atoms with Crippen LogP contribution in [0.4, 0.5) is 19.0 Å². The average molecular weight is 447 g/mol. The first-order chi connectivity index (χ1) is 15.1. The number of nitrogens with zero attached hydrogens (tertiary/aromatic N) is 2. The molecule has 0 aliphatic heterocycles. The number of ether oxygens (including phenoxy) is 2. The fraction of sp³-hybridized carbons (Fsp3) is 0.100. The van der Waals surface area contributed by atoms with E-state index in [1.165, 1.54) is 18.2 Å². The minimum Gasteiger partial charge on any atom is -0.457 e. The predicted molar refractivity (Wildman–Crippen MR) is 107 cm³/mol. The van der Waals surface area contributed by atoms with Crippen molar-refractivity contribution in [3.05, 3.63) is 60.3 Å². The summed E-state index contributed by atoms with van der Waals surface area (Å²) in [6.45, 7) is -0.200. The molecule has 0 radical (unpaired) electrons. The second-order valence-electron chi connectivity index (χ2n) is 6.29. The van der Waals surface area contributed by atoms with Crippen LogP contribution in [0, 0.1) is 0 Å². The van der Waals surface area contributed by atoms with Gasteiger partial charge in [0.25, 0.3) is 5.91 Å². The maximum Gasteiger partial charge on any atom is 0.573 e. The van der Waals surface area contributed by atoms with Crippen molar-refractivity contribution in [2.45, 2.75) is 6.36 Å². The molecule has 32 heavy (non-hydrogen) atoms. The number of hydrogen-bond acceptors (Lipinski definition) is 7. The molecule has 1 heterocycles. The van der Waals surface area contributed by atoms with Crippen LogP contribution in [0.25, 0.3) is 11.4 Å². The van der Waals surface area contributed by atoms with Crippen molar-refractivity contribution in [1.82, 2.24) is 9.97 Å². The molecule has 9 nitrogen and oxygen atoms in total. The fourth-order valence-electron chi connectivity index (χ4n) is 2.49. The Labute approximate surface area is 179 Å². The lowest BCUT2D eigenvalue weighted by Crippen LogP contribution is -2.23. The monoisotopic (exact) mass is 447 g/mol. The minimum atomic E-state index is -4.78. The van der Waals surface area contributed by atoms with Gasteiger partial charge >= 0.3 is 6.36 Å². The number of carbonyl (C=O) groups excluding carboxylic acids is 2. The summed E-state index contributed by atoms with van der Waals surface area (Å²) < 4.78 is 46.1. The maximum atomic E-state index is 12.2. The first-order valence-electron chi connectivity index (χ1n) is 8.94. The quantitative estimate of drug-likeness (QED) is 0.482. The number of amides is 2. The molecular weight excluding hydrogens is 431 g/mol. The second kappa shape index (κ2) is 9.20. The zero-order valence-electron chi connectivity index (χ0n) is 16.2. The van der Waals surface area contributed by atoms with E-state index < -0.39 is 18.2 Å². The average Bonchev–Trinajstić information content (AvgIpc) is 2.73. The van der Waals surface area contributed by atoms with Crippen LogP contribution in [0.2, 0.25) is 0 Å². The van der Waals surface area contributed by atoms with Gasteiger partial charge in [-0.3, -0.25) is 9.59 Å². The van der Waals surface area contributed by atoms with Crippen LogP contribution in [0.1, 0.15) is 10.5 Å². The Kier molecular flexibility index (Phi) is 6.42. The summed E-state index contributed by atoms with van der Waals surface area (Å²) in [7, 11) is 0. The SMILES string of the molecule is NC(=O)CNc1cc(C(N)=O)nc(-c2ccc(Oc3ccc(OC(F)(F)F)cc3)cc2)n1. The Hall–Kier alpha value is -4.35. The number of carbonyl (C=O) groups is 2. The van der Waals surface area contributed by atoms with Crippen LogP contribution in [-0.4, -0.2) is 34.7 Å². The topological polar surface area (TPSA) is 142 Å². The van der Waals surface area contributed by atoms with Gasteiger partial charge in [0.1, 0.15) is 28.8 Å². The largest absolute Gasteiger partial charge is 0.573 e. The van der Waals surface area contributed by atoms with Gasteiger partial charge in [0.05, 0.1) is 6.54 Å². The highest BCUT2D eigenvalue weighted by atomic mass is 19.4. The van der Waals surface area contributed by atoms with Crippen LogP contribution >= 0.6 is 0 Å². The molecule has 1 aromatic heterocycles. The molecule has 0 aliphatic carbocycles. The summed E-state index contributed by atoms with van der Waals surface area (Å²) in [4.78, 5) is 30.8. The summed E-state index contributed by atoms with van der Waals surface area (Å²) in [5.74, 6) is -0.752. The Morgan fingerprint density at radius 1 is 0.906 bits per heavy atom. The number of alkyl halides is 3. The molecule has 2 amide bonds.